The van der Waals surface area contributed by atoms with E-state index in [1.807, 2.05) is 13.8 Å². The summed E-state index contributed by atoms with van der Waals surface area (Å²) in [5.41, 5.74) is 0. The first-order chi connectivity index (χ1) is 8.21. The van der Waals surface area contributed by atoms with Gasteiger partial charge < -0.3 is 0 Å². The van der Waals surface area contributed by atoms with E-state index in [4.69, 9.17) is 4.18 Å². The molecule has 108 valence electrons. The van der Waals surface area contributed by atoms with E-state index >= 15 is 0 Å². The molecule has 5 nitrogen and oxygen atoms in total. The van der Waals surface area contributed by atoms with Gasteiger partial charge in [0.1, 0.15) is 0 Å². The predicted octanol–water partition coefficient (Wildman–Crippen LogP) is 3.18. The molecule has 0 aliphatic rings. The normalized spacial score (nSPS) is 16.7. The first-order valence-corrected chi connectivity index (χ1v) is 9.82. The molecule has 0 aliphatic heterocycles. The lowest BCUT2D eigenvalue weighted by atomic mass is 10.6. The number of aromatic nitrogens is 1. The van der Waals surface area contributed by atoms with Crippen LogP contribution in [0.1, 0.15) is 27.7 Å². The monoisotopic (exact) mass is 315 g/mol. The summed E-state index contributed by atoms with van der Waals surface area (Å²) in [6.45, 7) is 7.19. The average Bonchev–Trinajstić information content (AvgIpc) is 2.82. The minimum absolute atomic E-state index is 0.0299. The largest absolute Gasteiger partial charge is 0.293 e. The molecule has 0 spiro atoms. The van der Waals surface area contributed by atoms with Gasteiger partial charge in [0.25, 0.3) is 0 Å². The fraction of sp³-hybridized carbons (Fsp3) is 0.700. The molecule has 1 unspecified atom stereocenters. The number of nitrogens with zero attached hydrogens (tertiary/aromatic N) is 1. The Morgan fingerprint density at radius 3 is 2.28 bits per heavy atom. The standard InChI is InChI=1S/C8H15NO4S3.C2H6/c1-6(2)16(11,12)8-9-7(5-14-8)15(4,10)13-3;1-2/h5-6,10H,1-4H3;1-2H3. The van der Waals surface area contributed by atoms with Crippen LogP contribution in [0.2, 0.25) is 0 Å². The molecule has 1 aromatic heterocycles. The topological polar surface area (TPSA) is 76.5 Å². The molecule has 0 saturated carbocycles. The fourth-order valence-electron chi connectivity index (χ4n) is 0.835. The number of sulfone groups is 1. The van der Waals surface area contributed by atoms with Gasteiger partial charge in [-0.1, -0.05) is 13.8 Å². The quantitative estimate of drug-likeness (QED) is 0.923. The van der Waals surface area contributed by atoms with Crippen molar-refractivity contribution in [1.29, 1.82) is 0 Å². The van der Waals surface area contributed by atoms with Gasteiger partial charge in [0.05, 0.1) is 12.4 Å². The molecule has 0 fully saturated rings. The van der Waals surface area contributed by atoms with E-state index in [2.05, 4.69) is 4.98 Å². The van der Waals surface area contributed by atoms with Gasteiger partial charge in [-0.25, -0.2) is 13.4 Å². The molecule has 0 radical (unpaired) electrons. The number of rotatable bonds is 4. The van der Waals surface area contributed by atoms with Gasteiger partial charge in [0, 0.05) is 11.6 Å². The minimum atomic E-state index is -3.37. The summed E-state index contributed by atoms with van der Waals surface area (Å²) in [6.07, 6.45) is 1.49. The second-order valence-electron chi connectivity index (χ2n) is 3.51. The molecule has 1 N–H and O–H groups in total. The second kappa shape index (κ2) is 6.85. The van der Waals surface area contributed by atoms with Crippen LogP contribution in [-0.2, 0) is 14.0 Å². The molecule has 1 heterocycles. The molecule has 0 aromatic carbocycles. The van der Waals surface area contributed by atoms with Gasteiger partial charge >= 0.3 is 0 Å². The number of hydrogen-bond donors (Lipinski definition) is 1. The third-order valence-electron chi connectivity index (χ3n) is 2.04. The Bertz CT molecular complexity index is 465. The average molecular weight is 315 g/mol. The van der Waals surface area contributed by atoms with E-state index in [1.54, 1.807) is 13.8 Å². The Morgan fingerprint density at radius 1 is 1.39 bits per heavy atom. The van der Waals surface area contributed by atoms with Crippen LogP contribution in [0.3, 0.4) is 0 Å². The minimum Gasteiger partial charge on any atom is -0.293 e. The summed E-state index contributed by atoms with van der Waals surface area (Å²) in [5, 5.41) is 1.29. The predicted molar refractivity (Wildman–Crippen MR) is 77.2 cm³/mol. The molecular weight excluding hydrogens is 294 g/mol. The van der Waals surface area contributed by atoms with Gasteiger partial charge in [-0.15, -0.1) is 11.3 Å². The lowest BCUT2D eigenvalue weighted by Crippen LogP contribution is -2.14. The van der Waals surface area contributed by atoms with E-state index < -0.39 is 25.7 Å². The zero-order chi connectivity index (χ0) is 14.6. The zero-order valence-corrected chi connectivity index (χ0v) is 13.9. The SMILES string of the molecule is CC.COS(C)(O)c1csc(S(=O)(=O)C(C)C)n1. The van der Waals surface area contributed by atoms with Crippen molar-refractivity contribution < 1.29 is 17.2 Å². The summed E-state index contributed by atoms with van der Waals surface area (Å²) >= 11 is 1.01. The Morgan fingerprint density at radius 2 is 1.89 bits per heavy atom. The maximum absolute atomic E-state index is 11.8. The lowest BCUT2D eigenvalue weighted by molar-refractivity contribution is 0.398. The summed E-state index contributed by atoms with van der Waals surface area (Å²) in [4.78, 5) is 3.94. The summed E-state index contributed by atoms with van der Waals surface area (Å²) in [6, 6.07) is 0. The molecule has 18 heavy (non-hydrogen) atoms. The van der Waals surface area contributed by atoms with Gasteiger partial charge in [0.15, 0.2) is 5.03 Å². The van der Waals surface area contributed by atoms with Crippen LogP contribution in [0.5, 0.6) is 0 Å². The Labute approximate surface area is 115 Å². The highest BCUT2D eigenvalue weighted by molar-refractivity contribution is 8.24. The smallest absolute Gasteiger partial charge is 0.211 e. The van der Waals surface area contributed by atoms with Crippen LogP contribution in [0.25, 0.3) is 0 Å². The summed E-state index contributed by atoms with van der Waals surface area (Å²) in [5.74, 6) is 0. The first kappa shape index (κ1) is 17.8. The third-order valence-corrected chi connectivity index (χ3v) is 7.26. The van der Waals surface area contributed by atoms with E-state index in [0.29, 0.717) is 5.03 Å². The van der Waals surface area contributed by atoms with Crippen molar-refractivity contribution in [1.82, 2.24) is 4.98 Å². The van der Waals surface area contributed by atoms with E-state index in [9.17, 15) is 13.0 Å². The van der Waals surface area contributed by atoms with E-state index in [-0.39, 0.29) is 4.34 Å². The van der Waals surface area contributed by atoms with Crippen LogP contribution in [0.4, 0.5) is 0 Å². The van der Waals surface area contributed by atoms with Gasteiger partial charge in [-0.3, -0.25) is 8.74 Å². The highest BCUT2D eigenvalue weighted by Crippen LogP contribution is 2.49. The summed E-state index contributed by atoms with van der Waals surface area (Å²) < 4.78 is 38.3. The zero-order valence-electron chi connectivity index (χ0n) is 11.5. The van der Waals surface area contributed by atoms with Crippen LogP contribution in [0.15, 0.2) is 14.7 Å². The molecule has 0 aliphatic carbocycles. The van der Waals surface area contributed by atoms with Crippen LogP contribution in [-0.4, -0.2) is 36.6 Å². The second-order valence-corrected chi connectivity index (χ2v) is 9.41. The highest BCUT2D eigenvalue weighted by Gasteiger charge is 2.25. The van der Waals surface area contributed by atoms with Crippen molar-refractivity contribution in [3.8, 4) is 0 Å². The van der Waals surface area contributed by atoms with E-state index in [0.717, 1.165) is 11.3 Å². The number of hydrogen-bond acceptors (Lipinski definition) is 6. The van der Waals surface area contributed by atoms with Gasteiger partial charge in [0.2, 0.25) is 14.2 Å². The highest BCUT2D eigenvalue weighted by atomic mass is 32.3. The van der Waals surface area contributed by atoms with Crippen molar-refractivity contribution in [3.05, 3.63) is 5.38 Å². The van der Waals surface area contributed by atoms with Crippen LogP contribution in [0, 0.1) is 0 Å². The van der Waals surface area contributed by atoms with Crippen molar-refractivity contribution >= 4 is 31.8 Å². The molecule has 0 amide bonds. The lowest BCUT2D eigenvalue weighted by Gasteiger charge is -2.29. The van der Waals surface area contributed by atoms with Crippen molar-refractivity contribution in [3.63, 3.8) is 0 Å². The maximum atomic E-state index is 11.8. The third kappa shape index (κ3) is 3.92. The maximum Gasteiger partial charge on any atom is 0.211 e. The Hall–Kier alpha value is -0.150. The van der Waals surface area contributed by atoms with Crippen molar-refractivity contribution in [2.24, 2.45) is 0 Å². The van der Waals surface area contributed by atoms with E-state index in [1.165, 1.54) is 18.7 Å². The first-order valence-electron chi connectivity index (χ1n) is 5.47. The molecule has 0 bridgehead atoms. The number of thiazole rings is 1. The van der Waals surface area contributed by atoms with Crippen molar-refractivity contribution in [2.75, 3.05) is 13.4 Å². The van der Waals surface area contributed by atoms with Crippen LogP contribution >= 0.6 is 21.9 Å². The molecule has 1 atom stereocenters. The Balaban J connectivity index is 0.00000137. The Kier molecular flexibility index (Phi) is 6.80. The molecule has 0 saturated heterocycles. The van der Waals surface area contributed by atoms with Gasteiger partial charge in [-0.2, -0.15) is 10.6 Å². The molecule has 8 heteroatoms. The molecule has 1 aromatic rings. The molecule has 1 rings (SSSR count). The van der Waals surface area contributed by atoms with Gasteiger partial charge in [-0.05, 0) is 13.8 Å². The van der Waals surface area contributed by atoms with Crippen molar-refractivity contribution in [2.45, 2.75) is 42.3 Å². The fourth-order valence-corrected chi connectivity index (χ4v) is 4.53. The molecular formula is C10H21NO4S3. The summed E-state index contributed by atoms with van der Waals surface area (Å²) in [7, 11) is -4.43. The van der Waals surface area contributed by atoms with Crippen LogP contribution < -0.4 is 0 Å².